The number of rotatable bonds is 1. The van der Waals surface area contributed by atoms with Gasteiger partial charge in [-0.05, 0) is 5.56 Å². The monoisotopic (exact) mass is 160 g/mol. The van der Waals surface area contributed by atoms with Crippen LogP contribution in [0.5, 0.6) is 0 Å². The maximum absolute atomic E-state index is 10.8. The summed E-state index contributed by atoms with van der Waals surface area (Å²) in [4.78, 5) is 10.8. The summed E-state index contributed by atoms with van der Waals surface area (Å²) in [7, 11) is 0. The molecule has 1 aromatic rings. The van der Waals surface area contributed by atoms with E-state index in [4.69, 9.17) is 4.74 Å². The van der Waals surface area contributed by atoms with Crippen LogP contribution >= 0.6 is 0 Å². The number of esters is 1. The van der Waals surface area contributed by atoms with Crippen LogP contribution in [0.2, 0.25) is 0 Å². The molecule has 0 fully saturated rings. The van der Waals surface area contributed by atoms with Crippen LogP contribution < -0.4 is 0 Å². The van der Waals surface area contributed by atoms with Crippen LogP contribution in [-0.4, -0.2) is 5.97 Å². The summed E-state index contributed by atoms with van der Waals surface area (Å²) >= 11 is 0. The summed E-state index contributed by atoms with van der Waals surface area (Å²) in [6, 6.07) is 9.77. The Morgan fingerprint density at radius 2 is 1.92 bits per heavy atom. The lowest BCUT2D eigenvalue weighted by Crippen LogP contribution is -1.90. The first-order chi connectivity index (χ1) is 5.86. The Morgan fingerprint density at radius 1 is 1.17 bits per heavy atom. The lowest BCUT2D eigenvalue weighted by Gasteiger charge is -1.95. The highest BCUT2D eigenvalue weighted by Gasteiger charge is 2.15. The Hall–Kier alpha value is -1.57. The normalized spacial score (nSPS) is 15.7. The number of carbonyl (C=O) groups excluding carboxylic acids is 1. The minimum Gasteiger partial charge on any atom is -0.434 e. The molecule has 1 aliphatic heterocycles. The average molecular weight is 160 g/mol. The molecule has 0 radical (unpaired) electrons. The SMILES string of the molecule is O=C1CC(c2ccccc2)=CO1. The van der Waals surface area contributed by atoms with Gasteiger partial charge in [-0.1, -0.05) is 30.3 Å². The van der Waals surface area contributed by atoms with Crippen molar-refractivity contribution in [1.82, 2.24) is 0 Å². The molecule has 0 saturated carbocycles. The van der Waals surface area contributed by atoms with Gasteiger partial charge in [0.2, 0.25) is 0 Å². The third-order valence-electron chi connectivity index (χ3n) is 1.81. The van der Waals surface area contributed by atoms with Crippen LogP contribution in [0.3, 0.4) is 0 Å². The van der Waals surface area contributed by atoms with Crippen molar-refractivity contribution >= 4 is 11.5 Å². The minimum absolute atomic E-state index is 0.172. The molecule has 1 heterocycles. The van der Waals surface area contributed by atoms with Crippen molar-refractivity contribution in [3.8, 4) is 0 Å². The molecule has 12 heavy (non-hydrogen) atoms. The lowest BCUT2D eigenvalue weighted by molar-refractivity contribution is -0.135. The second kappa shape index (κ2) is 2.81. The summed E-state index contributed by atoms with van der Waals surface area (Å²) in [5.41, 5.74) is 2.02. The van der Waals surface area contributed by atoms with Crippen molar-refractivity contribution in [2.45, 2.75) is 6.42 Å². The number of carbonyl (C=O) groups is 1. The maximum atomic E-state index is 10.8. The van der Waals surface area contributed by atoms with Gasteiger partial charge in [0.15, 0.2) is 0 Å². The van der Waals surface area contributed by atoms with Crippen molar-refractivity contribution in [2.75, 3.05) is 0 Å². The second-order valence-electron chi connectivity index (χ2n) is 2.68. The highest BCUT2D eigenvalue weighted by molar-refractivity contribution is 5.89. The highest BCUT2D eigenvalue weighted by atomic mass is 16.5. The van der Waals surface area contributed by atoms with Crippen molar-refractivity contribution < 1.29 is 9.53 Å². The zero-order chi connectivity index (χ0) is 8.39. The number of cyclic esters (lactones) is 1. The fraction of sp³-hybridized carbons (Fsp3) is 0.100. The molecule has 0 unspecified atom stereocenters. The second-order valence-corrected chi connectivity index (χ2v) is 2.68. The van der Waals surface area contributed by atoms with E-state index in [1.807, 2.05) is 30.3 Å². The van der Waals surface area contributed by atoms with Gasteiger partial charge in [-0.25, -0.2) is 0 Å². The number of hydrogen-bond donors (Lipinski definition) is 0. The summed E-state index contributed by atoms with van der Waals surface area (Å²) in [5, 5.41) is 0. The zero-order valence-electron chi connectivity index (χ0n) is 6.49. The van der Waals surface area contributed by atoms with Gasteiger partial charge in [-0.3, -0.25) is 4.79 Å². The number of hydrogen-bond acceptors (Lipinski definition) is 2. The minimum atomic E-state index is -0.172. The van der Waals surface area contributed by atoms with Gasteiger partial charge < -0.3 is 4.74 Å². The zero-order valence-corrected chi connectivity index (χ0v) is 6.49. The van der Waals surface area contributed by atoms with Gasteiger partial charge in [0, 0.05) is 5.57 Å². The molecule has 1 aliphatic rings. The molecule has 0 atom stereocenters. The van der Waals surface area contributed by atoms with Gasteiger partial charge in [-0.2, -0.15) is 0 Å². The number of benzene rings is 1. The first-order valence-corrected chi connectivity index (χ1v) is 3.80. The summed E-state index contributed by atoms with van der Waals surface area (Å²) < 4.78 is 4.72. The first kappa shape index (κ1) is 7.10. The molecule has 0 saturated heterocycles. The lowest BCUT2D eigenvalue weighted by atomic mass is 10.1. The molecule has 0 aliphatic carbocycles. The Kier molecular flexibility index (Phi) is 1.67. The van der Waals surface area contributed by atoms with Crippen molar-refractivity contribution in [3.05, 3.63) is 42.2 Å². The molecule has 1 aromatic carbocycles. The van der Waals surface area contributed by atoms with Gasteiger partial charge in [0.05, 0.1) is 12.7 Å². The largest absolute Gasteiger partial charge is 0.434 e. The molecule has 2 nitrogen and oxygen atoms in total. The van der Waals surface area contributed by atoms with E-state index in [0.29, 0.717) is 6.42 Å². The van der Waals surface area contributed by atoms with Crippen LogP contribution in [0.4, 0.5) is 0 Å². The van der Waals surface area contributed by atoms with E-state index in [1.54, 1.807) is 0 Å². The molecular formula is C10H8O2. The standard InChI is InChI=1S/C10H8O2/c11-10-6-9(7-12-10)8-4-2-1-3-5-8/h1-5,7H,6H2. The molecule has 60 valence electrons. The smallest absolute Gasteiger partial charge is 0.315 e. The summed E-state index contributed by atoms with van der Waals surface area (Å²) in [6.07, 6.45) is 1.92. The van der Waals surface area contributed by atoms with E-state index < -0.39 is 0 Å². The van der Waals surface area contributed by atoms with Gasteiger partial charge in [-0.15, -0.1) is 0 Å². The fourth-order valence-electron chi connectivity index (χ4n) is 1.20. The molecular weight excluding hydrogens is 152 g/mol. The predicted molar refractivity (Wildman–Crippen MR) is 45.1 cm³/mol. The molecule has 0 spiro atoms. The molecule has 0 N–H and O–H groups in total. The van der Waals surface area contributed by atoms with E-state index in [9.17, 15) is 4.79 Å². The average Bonchev–Trinajstić information content (AvgIpc) is 2.54. The Morgan fingerprint density at radius 3 is 2.50 bits per heavy atom. The van der Waals surface area contributed by atoms with Gasteiger partial charge in [0.1, 0.15) is 0 Å². The Labute approximate surface area is 70.5 Å². The predicted octanol–water partition coefficient (Wildman–Crippen LogP) is 1.97. The van der Waals surface area contributed by atoms with Crippen molar-refractivity contribution in [3.63, 3.8) is 0 Å². The first-order valence-electron chi connectivity index (χ1n) is 3.80. The molecule has 2 rings (SSSR count). The maximum Gasteiger partial charge on any atom is 0.315 e. The van der Waals surface area contributed by atoms with Crippen LogP contribution in [0.25, 0.3) is 5.57 Å². The van der Waals surface area contributed by atoms with Gasteiger partial charge >= 0.3 is 5.97 Å². The third kappa shape index (κ3) is 1.23. The van der Waals surface area contributed by atoms with Crippen molar-refractivity contribution in [1.29, 1.82) is 0 Å². The van der Waals surface area contributed by atoms with Crippen LogP contribution in [0, 0.1) is 0 Å². The summed E-state index contributed by atoms with van der Waals surface area (Å²) in [6.45, 7) is 0. The highest BCUT2D eigenvalue weighted by Crippen LogP contribution is 2.22. The van der Waals surface area contributed by atoms with E-state index in [-0.39, 0.29) is 5.97 Å². The van der Waals surface area contributed by atoms with Crippen LogP contribution in [-0.2, 0) is 9.53 Å². The fourth-order valence-corrected chi connectivity index (χ4v) is 1.20. The third-order valence-corrected chi connectivity index (χ3v) is 1.81. The Balaban J connectivity index is 2.28. The molecule has 0 amide bonds. The van der Waals surface area contributed by atoms with Crippen molar-refractivity contribution in [2.24, 2.45) is 0 Å². The van der Waals surface area contributed by atoms with E-state index in [2.05, 4.69) is 0 Å². The van der Waals surface area contributed by atoms with Gasteiger partial charge in [0.25, 0.3) is 0 Å². The molecule has 2 heteroatoms. The van der Waals surface area contributed by atoms with Crippen LogP contribution in [0.1, 0.15) is 12.0 Å². The Bertz CT molecular complexity index is 325. The van der Waals surface area contributed by atoms with E-state index in [1.165, 1.54) is 6.26 Å². The topological polar surface area (TPSA) is 26.3 Å². The quantitative estimate of drug-likeness (QED) is 0.587. The van der Waals surface area contributed by atoms with Crippen LogP contribution in [0.15, 0.2) is 36.6 Å². The molecule has 0 bridgehead atoms. The molecule has 0 aromatic heterocycles. The number of ether oxygens (including phenoxy) is 1. The van der Waals surface area contributed by atoms with E-state index in [0.717, 1.165) is 11.1 Å². The summed E-state index contributed by atoms with van der Waals surface area (Å²) in [5.74, 6) is -0.172. The van der Waals surface area contributed by atoms with E-state index >= 15 is 0 Å².